The van der Waals surface area contributed by atoms with Crippen molar-refractivity contribution in [2.75, 3.05) is 6.26 Å². The quantitative estimate of drug-likeness (QED) is 0.856. The van der Waals surface area contributed by atoms with Crippen LogP contribution in [0.25, 0.3) is 10.9 Å². The second-order valence-corrected chi connectivity index (χ2v) is 4.67. The number of fused-ring (bicyclic) bond motifs is 1. The monoisotopic (exact) mass is 235 g/mol. The first kappa shape index (κ1) is 11.1. The van der Waals surface area contributed by atoms with Crippen molar-refractivity contribution in [3.8, 4) is 0 Å². The van der Waals surface area contributed by atoms with E-state index in [-0.39, 0.29) is 5.25 Å². The van der Waals surface area contributed by atoms with Gasteiger partial charge in [-0.05, 0) is 24.3 Å². The lowest BCUT2D eigenvalue weighted by Crippen LogP contribution is -2.18. The number of aromatic nitrogens is 1. The highest BCUT2D eigenvalue weighted by Crippen LogP contribution is 2.22. The van der Waals surface area contributed by atoms with Gasteiger partial charge >= 0.3 is 5.97 Å². The predicted octanol–water partition coefficient (Wildman–Crippen LogP) is 2.53. The number of nitrogens with one attached hydrogen (secondary N) is 1. The molecule has 2 aromatic rings. The molecule has 0 aliphatic rings. The van der Waals surface area contributed by atoms with Crippen LogP contribution in [0.1, 0.15) is 5.56 Å². The first-order valence-corrected chi connectivity index (χ1v) is 6.31. The van der Waals surface area contributed by atoms with Gasteiger partial charge in [0, 0.05) is 17.1 Å². The van der Waals surface area contributed by atoms with Gasteiger partial charge in [-0.2, -0.15) is 0 Å². The minimum atomic E-state index is -0.752. The van der Waals surface area contributed by atoms with E-state index in [1.807, 2.05) is 36.7 Å². The molecular formula is C12H13NO2S. The first-order chi connectivity index (χ1) is 7.72. The SMILES string of the molecule is CS[C@H](Cc1c[nH]c2ccccc12)C(=O)O. The fourth-order valence-electron chi connectivity index (χ4n) is 1.77. The van der Waals surface area contributed by atoms with Crippen LogP contribution in [0.3, 0.4) is 0 Å². The number of carboxylic acid groups (broad SMARTS) is 1. The summed E-state index contributed by atoms with van der Waals surface area (Å²) in [4.78, 5) is 14.1. The van der Waals surface area contributed by atoms with E-state index in [9.17, 15) is 4.79 Å². The van der Waals surface area contributed by atoms with Crippen LogP contribution in [-0.4, -0.2) is 27.6 Å². The number of aromatic amines is 1. The minimum Gasteiger partial charge on any atom is -0.480 e. The Hall–Kier alpha value is -1.42. The van der Waals surface area contributed by atoms with Crippen LogP contribution in [0.4, 0.5) is 0 Å². The lowest BCUT2D eigenvalue weighted by atomic mass is 10.1. The largest absolute Gasteiger partial charge is 0.480 e. The lowest BCUT2D eigenvalue weighted by Gasteiger charge is -2.07. The predicted molar refractivity (Wildman–Crippen MR) is 66.9 cm³/mol. The number of hydrogen-bond acceptors (Lipinski definition) is 2. The van der Waals surface area contributed by atoms with Gasteiger partial charge in [-0.25, -0.2) is 0 Å². The lowest BCUT2D eigenvalue weighted by molar-refractivity contribution is -0.136. The minimum absolute atomic E-state index is 0.376. The maximum absolute atomic E-state index is 11.0. The molecule has 0 saturated heterocycles. The molecule has 0 amide bonds. The average Bonchev–Trinajstić information content (AvgIpc) is 2.69. The average molecular weight is 235 g/mol. The Labute approximate surface area is 97.9 Å². The molecule has 0 radical (unpaired) electrons. The summed E-state index contributed by atoms with van der Waals surface area (Å²) in [5.74, 6) is -0.752. The Bertz CT molecular complexity index is 506. The zero-order chi connectivity index (χ0) is 11.5. The number of carbonyl (C=O) groups is 1. The summed E-state index contributed by atoms with van der Waals surface area (Å²) in [5.41, 5.74) is 2.13. The number of benzene rings is 1. The normalized spacial score (nSPS) is 12.8. The molecule has 2 N–H and O–H groups in total. The highest BCUT2D eigenvalue weighted by Gasteiger charge is 2.17. The standard InChI is InChI=1S/C12H13NO2S/c1-16-11(12(14)15)6-8-7-13-10-5-3-2-4-9(8)10/h2-5,7,11,13H,6H2,1H3,(H,14,15)/t11-/m1/s1. The molecule has 2 rings (SSSR count). The molecule has 4 heteroatoms. The van der Waals surface area contributed by atoms with Crippen molar-refractivity contribution in [1.82, 2.24) is 4.98 Å². The maximum Gasteiger partial charge on any atom is 0.316 e. The second-order valence-electron chi connectivity index (χ2n) is 3.63. The fraction of sp³-hybridized carbons (Fsp3) is 0.250. The van der Waals surface area contributed by atoms with Crippen molar-refractivity contribution in [2.45, 2.75) is 11.7 Å². The molecule has 0 aliphatic carbocycles. The van der Waals surface area contributed by atoms with Crippen molar-refractivity contribution in [3.63, 3.8) is 0 Å². The molecule has 16 heavy (non-hydrogen) atoms. The van der Waals surface area contributed by atoms with Crippen molar-refractivity contribution >= 4 is 28.6 Å². The third-order valence-corrected chi connectivity index (χ3v) is 3.58. The summed E-state index contributed by atoms with van der Waals surface area (Å²) in [5, 5.41) is 9.75. The van der Waals surface area contributed by atoms with E-state index in [1.54, 1.807) is 0 Å². The van der Waals surface area contributed by atoms with Gasteiger partial charge in [0.05, 0.1) is 0 Å². The smallest absolute Gasteiger partial charge is 0.316 e. The van der Waals surface area contributed by atoms with Gasteiger partial charge in [-0.1, -0.05) is 18.2 Å². The Morgan fingerprint density at radius 1 is 1.50 bits per heavy atom. The molecule has 3 nitrogen and oxygen atoms in total. The van der Waals surface area contributed by atoms with E-state index < -0.39 is 5.97 Å². The number of para-hydroxylation sites is 1. The number of rotatable bonds is 4. The van der Waals surface area contributed by atoms with Crippen molar-refractivity contribution in [3.05, 3.63) is 36.0 Å². The molecule has 0 unspecified atom stereocenters. The third kappa shape index (κ3) is 2.07. The van der Waals surface area contributed by atoms with Crippen molar-refractivity contribution < 1.29 is 9.90 Å². The molecule has 84 valence electrons. The molecule has 0 aliphatic heterocycles. The Balaban J connectivity index is 2.30. The van der Waals surface area contributed by atoms with E-state index in [1.165, 1.54) is 11.8 Å². The number of H-pyrrole nitrogens is 1. The Morgan fingerprint density at radius 3 is 2.94 bits per heavy atom. The summed E-state index contributed by atoms with van der Waals surface area (Å²) in [6.45, 7) is 0. The van der Waals surface area contributed by atoms with Gasteiger partial charge in [-0.3, -0.25) is 4.79 Å². The van der Waals surface area contributed by atoms with Crippen LogP contribution in [0.2, 0.25) is 0 Å². The number of aliphatic carboxylic acids is 1. The summed E-state index contributed by atoms with van der Waals surface area (Å²) in [7, 11) is 0. The highest BCUT2D eigenvalue weighted by molar-refractivity contribution is 7.99. The van der Waals surface area contributed by atoms with Crippen molar-refractivity contribution in [1.29, 1.82) is 0 Å². The van der Waals surface area contributed by atoms with Crippen LogP contribution in [-0.2, 0) is 11.2 Å². The highest BCUT2D eigenvalue weighted by atomic mass is 32.2. The fourth-order valence-corrected chi connectivity index (χ4v) is 2.32. The molecule has 1 atom stereocenters. The number of thioether (sulfide) groups is 1. The molecule has 0 fully saturated rings. The number of hydrogen-bond donors (Lipinski definition) is 2. The second kappa shape index (κ2) is 4.61. The van der Waals surface area contributed by atoms with Crippen LogP contribution in [0.5, 0.6) is 0 Å². The number of carboxylic acids is 1. The molecule has 0 spiro atoms. The molecule has 1 heterocycles. The summed E-state index contributed by atoms with van der Waals surface area (Å²) in [6, 6.07) is 7.94. The molecular weight excluding hydrogens is 222 g/mol. The molecule has 0 bridgehead atoms. The van der Waals surface area contributed by atoms with Crippen LogP contribution in [0.15, 0.2) is 30.5 Å². The van der Waals surface area contributed by atoms with Crippen molar-refractivity contribution in [2.24, 2.45) is 0 Å². The summed E-state index contributed by atoms with van der Waals surface area (Å²) < 4.78 is 0. The third-order valence-electron chi connectivity index (χ3n) is 2.64. The van der Waals surface area contributed by atoms with Crippen LogP contribution >= 0.6 is 11.8 Å². The topological polar surface area (TPSA) is 53.1 Å². The van der Waals surface area contributed by atoms with Gasteiger partial charge in [0.1, 0.15) is 5.25 Å². The van der Waals surface area contributed by atoms with Gasteiger partial charge in [-0.15, -0.1) is 11.8 Å². The van der Waals surface area contributed by atoms with Gasteiger partial charge in [0.25, 0.3) is 0 Å². The van der Waals surface area contributed by atoms with E-state index in [0.717, 1.165) is 16.5 Å². The van der Waals surface area contributed by atoms with E-state index in [0.29, 0.717) is 6.42 Å². The maximum atomic E-state index is 11.0. The summed E-state index contributed by atoms with van der Waals surface area (Å²) >= 11 is 1.37. The van der Waals surface area contributed by atoms with Crippen LogP contribution < -0.4 is 0 Å². The van der Waals surface area contributed by atoms with Gasteiger partial charge < -0.3 is 10.1 Å². The Kier molecular flexibility index (Phi) is 3.19. The zero-order valence-electron chi connectivity index (χ0n) is 8.93. The van der Waals surface area contributed by atoms with Gasteiger partial charge in [0.2, 0.25) is 0 Å². The van der Waals surface area contributed by atoms with E-state index in [2.05, 4.69) is 4.98 Å². The molecule has 0 saturated carbocycles. The molecule has 1 aromatic carbocycles. The summed E-state index contributed by atoms with van der Waals surface area (Å²) in [6.07, 6.45) is 4.28. The van der Waals surface area contributed by atoms with Crippen LogP contribution in [0, 0.1) is 0 Å². The van der Waals surface area contributed by atoms with Gasteiger partial charge in [0.15, 0.2) is 0 Å². The first-order valence-electron chi connectivity index (χ1n) is 5.03. The van der Waals surface area contributed by atoms with E-state index >= 15 is 0 Å². The Morgan fingerprint density at radius 2 is 2.25 bits per heavy atom. The molecule has 1 aromatic heterocycles. The zero-order valence-corrected chi connectivity index (χ0v) is 9.75. The van der Waals surface area contributed by atoms with E-state index in [4.69, 9.17) is 5.11 Å².